The zero-order chi connectivity index (χ0) is 23.8. The molecule has 0 amide bonds. The van der Waals surface area contributed by atoms with E-state index in [1.807, 2.05) is 12.3 Å². The van der Waals surface area contributed by atoms with Crippen LogP contribution in [0.1, 0.15) is 24.9 Å². The van der Waals surface area contributed by atoms with E-state index in [0.29, 0.717) is 28.9 Å². The van der Waals surface area contributed by atoms with Crippen LogP contribution in [0.15, 0.2) is 53.9 Å². The Labute approximate surface area is 198 Å². The van der Waals surface area contributed by atoms with Gasteiger partial charge in [-0.15, -0.1) is 0 Å². The van der Waals surface area contributed by atoms with Crippen molar-refractivity contribution >= 4 is 33.1 Å². The number of hydrogen-bond acceptors (Lipinski definition) is 10. The molecule has 0 saturated carbocycles. The molecule has 3 aromatic rings. The van der Waals surface area contributed by atoms with E-state index in [9.17, 15) is 8.42 Å². The first-order valence-corrected chi connectivity index (χ1v) is 13.0. The normalized spacial score (nSPS) is 18.4. The van der Waals surface area contributed by atoms with Crippen LogP contribution >= 0.6 is 0 Å². The van der Waals surface area contributed by atoms with Crippen LogP contribution in [0.25, 0.3) is 0 Å². The average molecular weight is 482 g/mol. The second kappa shape index (κ2) is 8.90. The van der Waals surface area contributed by atoms with Gasteiger partial charge in [-0.2, -0.15) is 0 Å². The first-order chi connectivity index (χ1) is 16.3. The lowest BCUT2D eigenvalue weighted by Crippen LogP contribution is -2.57. The van der Waals surface area contributed by atoms with Gasteiger partial charge in [-0.05, 0) is 37.1 Å². The molecule has 0 aliphatic carbocycles. The van der Waals surface area contributed by atoms with Gasteiger partial charge in [0.25, 0.3) is 0 Å². The number of hydrogen-bond donors (Lipinski definition) is 2. The van der Waals surface area contributed by atoms with Gasteiger partial charge in [-0.1, -0.05) is 6.07 Å². The van der Waals surface area contributed by atoms with E-state index in [1.165, 1.54) is 18.6 Å². The summed E-state index contributed by atoms with van der Waals surface area (Å²) in [6.07, 6.45) is 7.09. The molecule has 1 spiro atoms. The lowest BCUT2D eigenvalue weighted by atomic mass is 9.78. The number of ether oxygens (including phenoxy) is 1. The Hall–Kier alpha value is -3.15. The smallest absolute Gasteiger partial charge is 0.179 e. The minimum Gasteiger partial charge on any atom is -0.381 e. The van der Waals surface area contributed by atoms with Crippen molar-refractivity contribution in [2.24, 2.45) is 5.41 Å². The number of nitrogens with one attached hydrogen (secondary N) is 2. The van der Waals surface area contributed by atoms with Crippen molar-refractivity contribution in [2.45, 2.75) is 24.3 Å². The minimum absolute atomic E-state index is 0.100. The molecule has 3 aromatic heterocycles. The molecule has 5 heterocycles. The Bertz CT molecular complexity index is 1270. The van der Waals surface area contributed by atoms with Gasteiger partial charge in [-0.25, -0.2) is 28.4 Å². The van der Waals surface area contributed by atoms with Gasteiger partial charge in [0, 0.05) is 55.9 Å². The molecule has 34 heavy (non-hydrogen) atoms. The lowest BCUT2D eigenvalue weighted by molar-refractivity contribution is -0.0320. The quantitative estimate of drug-likeness (QED) is 0.521. The zero-order valence-corrected chi connectivity index (χ0v) is 19.9. The number of aromatic nitrogens is 4. The largest absolute Gasteiger partial charge is 0.381 e. The molecule has 10 nitrogen and oxygen atoms in total. The first-order valence-electron chi connectivity index (χ1n) is 11.1. The fourth-order valence-corrected chi connectivity index (χ4v) is 5.24. The van der Waals surface area contributed by atoms with E-state index in [2.05, 4.69) is 48.5 Å². The molecular formula is C23H27N7O3S. The van der Waals surface area contributed by atoms with Crippen LogP contribution in [0.4, 0.5) is 23.3 Å². The van der Waals surface area contributed by atoms with Gasteiger partial charge in [0.15, 0.2) is 9.84 Å². The van der Waals surface area contributed by atoms with Crippen molar-refractivity contribution in [3.63, 3.8) is 0 Å². The molecule has 2 aliphatic rings. The number of sulfone groups is 1. The van der Waals surface area contributed by atoms with Crippen LogP contribution in [0, 0.1) is 5.41 Å². The summed E-state index contributed by atoms with van der Waals surface area (Å²) in [6, 6.07) is 9.04. The summed E-state index contributed by atoms with van der Waals surface area (Å²) < 4.78 is 29.6. The third-order valence-electron chi connectivity index (χ3n) is 6.42. The summed E-state index contributed by atoms with van der Waals surface area (Å²) >= 11 is 0. The number of rotatable bonds is 7. The molecule has 2 saturated heterocycles. The SMILES string of the molecule is C[C@@H](c1ccc(Nc2cc(Nc3ncccc3S(C)(=O)=O)ncn2)nc1)N1CC2(CCOC2)C1. The summed E-state index contributed by atoms with van der Waals surface area (Å²) in [5, 5.41) is 6.13. The molecule has 2 fully saturated rings. The number of nitrogens with zero attached hydrogens (tertiary/aromatic N) is 5. The van der Waals surface area contributed by atoms with Crippen LogP contribution < -0.4 is 10.6 Å². The standard InChI is InChI=1S/C23H27N7O3S/c1-16(30-12-23(13-30)7-9-33-14-23)17-5-6-19(25-11-17)28-20-10-21(27-15-26-20)29-22-18(34(2,31)32)4-3-8-24-22/h3-6,8,10-11,15-16H,7,9,12-14H2,1-2H3,(H2,24,25,26,27,28,29)/t16-/m0/s1. The molecule has 0 aromatic carbocycles. The second-order valence-electron chi connectivity index (χ2n) is 9.02. The van der Waals surface area contributed by atoms with Gasteiger partial charge in [0.1, 0.15) is 34.5 Å². The van der Waals surface area contributed by atoms with Crippen LogP contribution in [-0.2, 0) is 14.6 Å². The highest BCUT2D eigenvalue weighted by Gasteiger charge is 2.47. The lowest BCUT2D eigenvalue weighted by Gasteiger charge is -2.50. The summed E-state index contributed by atoms with van der Waals surface area (Å²) in [5.41, 5.74) is 1.52. The molecule has 178 valence electrons. The second-order valence-corrected chi connectivity index (χ2v) is 11.0. The van der Waals surface area contributed by atoms with Gasteiger partial charge >= 0.3 is 0 Å². The Morgan fingerprint density at radius 2 is 1.85 bits per heavy atom. The highest BCUT2D eigenvalue weighted by molar-refractivity contribution is 7.90. The molecule has 0 radical (unpaired) electrons. The third-order valence-corrected chi connectivity index (χ3v) is 7.55. The van der Waals surface area contributed by atoms with E-state index in [4.69, 9.17) is 4.74 Å². The predicted molar refractivity (Wildman–Crippen MR) is 128 cm³/mol. The summed E-state index contributed by atoms with van der Waals surface area (Å²) in [4.78, 5) is 19.7. The van der Waals surface area contributed by atoms with E-state index in [-0.39, 0.29) is 10.7 Å². The van der Waals surface area contributed by atoms with Gasteiger partial charge < -0.3 is 15.4 Å². The Balaban J connectivity index is 1.24. The van der Waals surface area contributed by atoms with Crippen LogP contribution in [-0.4, -0.2) is 65.8 Å². The van der Waals surface area contributed by atoms with E-state index in [1.54, 1.807) is 12.1 Å². The Morgan fingerprint density at radius 1 is 1.06 bits per heavy atom. The number of pyridine rings is 2. The maximum Gasteiger partial charge on any atom is 0.179 e. The van der Waals surface area contributed by atoms with Crippen LogP contribution in [0.5, 0.6) is 0 Å². The maximum absolute atomic E-state index is 12.0. The third kappa shape index (κ3) is 4.72. The molecule has 0 bridgehead atoms. The molecular weight excluding hydrogens is 454 g/mol. The zero-order valence-electron chi connectivity index (χ0n) is 19.1. The van der Waals surface area contributed by atoms with E-state index < -0.39 is 9.84 Å². The minimum atomic E-state index is -3.44. The summed E-state index contributed by atoms with van der Waals surface area (Å²) in [7, 11) is -3.44. The molecule has 1 atom stereocenters. The molecule has 2 aliphatic heterocycles. The van der Waals surface area contributed by atoms with E-state index >= 15 is 0 Å². The fourth-order valence-electron chi connectivity index (χ4n) is 4.46. The highest BCUT2D eigenvalue weighted by atomic mass is 32.2. The molecule has 11 heteroatoms. The van der Waals surface area contributed by atoms with Crippen molar-refractivity contribution in [2.75, 3.05) is 43.2 Å². The highest BCUT2D eigenvalue weighted by Crippen LogP contribution is 2.42. The van der Waals surface area contributed by atoms with E-state index in [0.717, 1.165) is 44.5 Å². The van der Waals surface area contributed by atoms with Crippen molar-refractivity contribution in [3.05, 3.63) is 54.6 Å². The molecule has 0 unspecified atom stereocenters. The van der Waals surface area contributed by atoms with Crippen LogP contribution in [0.2, 0.25) is 0 Å². The van der Waals surface area contributed by atoms with Gasteiger partial charge in [0.05, 0.1) is 6.61 Å². The first kappa shape index (κ1) is 22.6. The number of likely N-dealkylation sites (tertiary alicyclic amines) is 1. The van der Waals surface area contributed by atoms with Crippen molar-refractivity contribution in [1.29, 1.82) is 0 Å². The maximum atomic E-state index is 12.0. The average Bonchev–Trinajstić information content (AvgIpc) is 3.29. The monoisotopic (exact) mass is 481 g/mol. The Kier molecular flexibility index (Phi) is 5.92. The van der Waals surface area contributed by atoms with Gasteiger partial charge in [0.2, 0.25) is 0 Å². The Morgan fingerprint density at radius 3 is 2.53 bits per heavy atom. The van der Waals surface area contributed by atoms with Crippen LogP contribution in [0.3, 0.4) is 0 Å². The topological polar surface area (TPSA) is 122 Å². The fraction of sp³-hybridized carbons (Fsp3) is 0.391. The molecule has 5 rings (SSSR count). The predicted octanol–water partition coefficient (Wildman–Crippen LogP) is 2.94. The van der Waals surface area contributed by atoms with Crippen molar-refractivity contribution in [3.8, 4) is 0 Å². The van der Waals surface area contributed by atoms with Crippen molar-refractivity contribution < 1.29 is 13.2 Å². The molecule has 2 N–H and O–H groups in total. The summed E-state index contributed by atoms with van der Waals surface area (Å²) in [6.45, 7) is 6.11. The van der Waals surface area contributed by atoms with Crippen molar-refractivity contribution in [1.82, 2.24) is 24.8 Å². The summed E-state index contributed by atoms with van der Waals surface area (Å²) in [5.74, 6) is 1.80. The number of anilines is 4. The van der Waals surface area contributed by atoms with Gasteiger partial charge in [-0.3, -0.25) is 4.90 Å².